The van der Waals surface area contributed by atoms with E-state index in [2.05, 4.69) is 10.3 Å². The van der Waals surface area contributed by atoms with E-state index in [1.54, 1.807) is 6.07 Å². The lowest BCUT2D eigenvalue weighted by Crippen LogP contribution is -2.28. The lowest BCUT2D eigenvalue weighted by Gasteiger charge is -2.17. The molecule has 1 aliphatic heterocycles. The SMILES string of the molecule is CCN(CC)N=Nc1ccc2c(c1)N(S(C)(=O)=O)CC2CCl. The summed E-state index contributed by atoms with van der Waals surface area (Å²) in [5, 5.41) is 10.2. The van der Waals surface area contributed by atoms with Crippen molar-refractivity contribution in [1.82, 2.24) is 5.01 Å². The summed E-state index contributed by atoms with van der Waals surface area (Å²) in [6, 6.07) is 5.50. The van der Waals surface area contributed by atoms with Crippen LogP contribution in [0.2, 0.25) is 0 Å². The average Bonchev–Trinajstić information content (AvgIpc) is 2.86. The van der Waals surface area contributed by atoms with Gasteiger partial charge in [-0.15, -0.1) is 16.7 Å². The van der Waals surface area contributed by atoms with Gasteiger partial charge in [0, 0.05) is 31.4 Å². The molecule has 0 saturated heterocycles. The van der Waals surface area contributed by atoms with Crippen molar-refractivity contribution in [2.45, 2.75) is 19.8 Å². The molecule has 1 unspecified atom stereocenters. The molecule has 0 spiro atoms. The van der Waals surface area contributed by atoms with Crippen molar-refractivity contribution in [2.75, 3.05) is 36.1 Å². The predicted octanol–water partition coefficient (Wildman–Crippen LogP) is 3.13. The number of hydrogen-bond donors (Lipinski definition) is 0. The number of fused-ring (bicyclic) bond motifs is 1. The highest BCUT2D eigenvalue weighted by molar-refractivity contribution is 7.92. The van der Waals surface area contributed by atoms with Gasteiger partial charge in [-0.3, -0.25) is 9.31 Å². The zero-order valence-electron chi connectivity index (χ0n) is 13.0. The number of halogens is 1. The van der Waals surface area contributed by atoms with Gasteiger partial charge in [0.25, 0.3) is 0 Å². The van der Waals surface area contributed by atoms with Crippen LogP contribution >= 0.6 is 11.6 Å². The van der Waals surface area contributed by atoms with Crippen molar-refractivity contribution in [2.24, 2.45) is 10.3 Å². The first-order valence-corrected chi connectivity index (χ1v) is 9.63. The number of sulfonamides is 1. The van der Waals surface area contributed by atoms with E-state index in [1.807, 2.05) is 31.0 Å². The number of nitrogens with zero attached hydrogens (tertiary/aromatic N) is 4. The second-order valence-corrected chi connectivity index (χ2v) is 7.43. The van der Waals surface area contributed by atoms with Crippen LogP contribution in [0.15, 0.2) is 28.5 Å². The molecule has 0 N–H and O–H groups in total. The monoisotopic (exact) mass is 344 g/mol. The molecular weight excluding hydrogens is 324 g/mol. The van der Waals surface area contributed by atoms with E-state index in [0.717, 1.165) is 18.7 Å². The average molecular weight is 345 g/mol. The van der Waals surface area contributed by atoms with Gasteiger partial charge in [0.2, 0.25) is 10.0 Å². The van der Waals surface area contributed by atoms with Crippen LogP contribution < -0.4 is 4.31 Å². The Balaban J connectivity index is 2.36. The number of benzene rings is 1. The van der Waals surface area contributed by atoms with Crippen LogP contribution in [0.25, 0.3) is 0 Å². The molecule has 0 bridgehead atoms. The molecule has 0 aliphatic carbocycles. The van der Waals surface area contributed by atoms with Gasteiger partial charge in [-0.1, -0.05) is 11.3 Å². The minimum Gasteiger partial charge on any atom is -0.279 e. The summed E-state index contributed by atoms with van der Waals surface area (Å²) in [5.74, 6) is 0.402. The zero-order chi connectivity index (χ0) is 16.3. The minimum atomic E-state index is -3.32. The highest BCUT2D eigenvalue weighted by Gasteiger charge is 2.33. The molecule has 2 rings (SSSR count). The lowest BCUT2D eigenvalue weighted by atomic mass is 10.0. The van der Waals surface area contributed by atoms with Crippen molar-refractivity contribution in [3.8, 4) is 0 Å². The Morgan fingerprint density at radius 1 is 1.36 bits per heavy atom. The Bertz CT molecular complexity index is 659. The van der Waals surface area contributed by atoms with E-state index >= 15 is 0 Å². The topological polar surface area (TPSA) is 65.3 Å². The van der Waals surface area contributed by atoms with Crippen LogP contribution in [0.5, 0.6) is 0 Å². The largest absolute Gasteiger partial charge is 0.279 e. The first-order chi connectivity index (χ1) is 10.4. The van der Waals surface area contributed by atoms with Crippen LogP contribution in [-0.4, -0.2) is 45.2 Å². The van der Waals surface area contributed by atoms with Crippen LogP contribution in [-0.2, 0) is 10.0 Å². The molecular formula is C14H21ClN4O2S. The third-order valence-electron chi connectivity index (χ3n) is 3.71. The molecule has 0 amide bonds. The van der Waals surface area contributed by atoms with Crippen LogP contribution in [0.3, 0.4) is 0 Å². The maximum atomic E-state index is 11.9. The van der Waals surface area contributed by atoms with Gasteiger partial charge in [-0.25, -0.2) is 8.42 Å². The van der Waals surface area contributed by atoms with Crippen molar-refractivity contribution in [1.29, 1.82) is 0 Å². The third kappa shape index (κ3) is 3.52. The number of anilines is 1. The molecule has 0 fully saturated rings. The van der Waals surface area contributed by atoms with Gasteiger partial charge in [0.05, 0.1) is 17.6 Å². The summed E-state index contributed by atoms with van der Waals surface area (Å²) in [4.78, 5) is 0. The quantitative estimate of drug-likeness (QED) is 0.452. The van der Waals surface area contributed by atoms with Gasteiger partial charge in [0.1, 0.15) is 0 Å². The van der Waals surface area contributed by atoms with E-state index in [-0.39, 0.29) is 5.92 Å². The summed E-state index contributed by atoms with van der Waals surface area (Å²) in [6.45, 7) is 5.93. The summed E-state index contributed by atoms with van der Waals surface area (Å²) in [7, 11) is -3.32. The van der Waals surface area contributed by atoms with Gasteiger partial charge >= 0.3 is 0 Å². The Kier molecular flexibility index (Phi) is 5.28. The van der Waals surface area contributed by atoms with Gasteiger partial charge in [0.15, 0.2) is 0 Å². The Morgan fingerprint density at radius 2 is 2.05 bits per heavy atom. The minimum absolute atomic E-state index is 0.0140. The molecule has 1 aromatic carbocycles. The summed E-state index contributed by atoms with van der Waals surface area (Å²) < 4.78 is 25.3. The van der Waals surface area contributed by atoms with E-state index < -0.39 is 10.0 Å². The predicted molar refractivity (Wildman–Crippen MR) is 89.5 cm³/mol. The zero-order valence-corrected chi connectivity index (χ0v) is 14.6. The molecule has 0 aromatic heterocycles. The second-order valence-electron chi connectivity index (χ2n) is 5.22. The van der Waals surface area contributed by atoms with E-state index in [9.17, 15) is 8.42 Å². The first-order valence-electron chi connectivity index (χ1n) is 7.24. The van der Waals surface area contributed by atoms with Gasteiger partial charge < -0.3 is 0 Å². The van der Waals surface area contributed by atoms with Crippen LogP contribution in [0.4, 0.5) is 11.4 Å². The smallest absolute Gasteiger partial charge is 0.232 e. The summed E-state index contributed by atoms with van der Waals surface area (Å²) in [6.07, 6.45) is 1.21. The van der Waals surface area contributed by atoms with Gasteiger partial charge in [-0.2, -0.15) is 0 Å². The van der Waals surface area contributed by atoms with Crippen molar-refractivity contribution >= 4 is 33.0 Å². The van der Waals surface area contributed by atoms with E-state index in [1.165, 1.54) is 10.6 Å². The van der Waals surface area contributed by atoms with E-state index in [4.69, 9.17) is 11.6 Å². The molecule has 0 saturated carbocycles. The number of hydrogen-bond acceptors (Lipinski definition) is 4. The molecule has 1 aromatic rings. The second kappa shape index (κ2) is 6.83. The number of rotatable bonds is 6. The molecule has 0 radical (unpaired) electrons. The molecule has 1 atom stereocenters. The maximum Gasteiger partial charge on any atom is 0.232 e. The molecule has 6 nitrogen and oxygen atoms in total. The summed E-state index contributed by atoms with van der Waals surface area (Å²) in [5.41, 5.74) is 2.24. The van der Waals surface area contributed by atoms with Crippen molar-refractivity contribution in [3.63, 3.8) is 0 Å². The Morgan fingerprint density at radius 3 is 2.59 bits per heavy atom. The Labute approximate surface area is 136 Å². The highest BCUT2D eigenvalue weighted by atomic mass is 35.5. The van der Waals surface area contributed by atoms with Crippen LogP contribution in [0, 0.1) is 0 Å². The maximum absolute atomic E-state index is 11.9. The highest BCUT2D eigenvalue weighted by Crippen LogP contribution is 2.40. The molecule has 8 heteroatoms. The third-order valence-corrected chi connectivity index (χ3v) is 5.23. The summed E-state index contributed by atoms with van der Waals surface area (Å²) >= 11 is 5.96. The van der Waals surface area contributed by atoms with Crippen molar-refractivity contribution in [3.05, 3.63) is 23.8 Å². The standard InChI is InChI=1S/C14H21ClN4O2S/c1-4-18(5-2)17-16-12-6-7-13-11(9-15)10-19(14(13)8-12)22(3,20)21/h6-8,11H,4-5,9-10H2,1-3H3. The molecule has 1 aliphatic rings. The normalized spacial score (nSPS) is 18.0. The van der Waals surface area contributed by atoms with E-state index in [0.29, 0.717) is 23.8 Å². The fraction of sp³-hybridized carbons (Fsp3) is 0.571. The molecule has 1 heterocycles. The Hall–Kier alpha value is -1.34. The lowest BCUT2D eigenvalue weighted by molar-refractivity contribution is 0.301. The molecule has 122 valence electrons. The fourth-order valence-corrected chi connectivity index (χ4v) is 3.69. The van der Waals surface area contributed by atoms with Gasteiger partial charge in [-0.05, 0) is 31.5 Å². The number of alkyl halides is 1. The van der Waals surface area contributed by atoms with Crippen molar-refractivity contribution < 1.29 is 8.42 Å². The first kappa shape index (κ1) is 17.0. The fourth-order valence-electron chi connectivity index (χ4n) is 2.46. The molecule has 22 heavy (non-hydrogen) atoms. The van der Waals surface area contributed by atoms with Crippen LogP contribution in [0.1, 0.15) is 25.3 Å².